The highest BCUT2D eigenvalue weighted by Gasteiger charge is 2.08. The van der Waals surface area contributed by atoms with Crippen LogP contribution in [0.2, 0.25) is 0 Å². The van der Waals surface area contributed by atoms with E-state index in [9.17, 15) is 0 Å². The van der Waals surface area contributed by atoms with Crippen molar-refractivity contribution in [1.29, 1.82) is 0 Å². The molecule has 0 unspecified atom stereocenters. The molecule has 0 radical (unpaired) electrons. The molecule has 4 aromatic carbocycles. The van der Waals surface area contributed by atoms with E-state index < -0.39 is 0 Å². The number of hydrogen-bond acceptors (Lipinski definition) is 2. The second kappa shape index (κ2) is 20.7. The zero-order chi connectivity index (χ0) is 33.1. The van der Waals surface area contributed by atoms with Crippen molar-refractivity contribution in [2.24, 2.45) is 0 Å². The summed E-state index contributed by atoms with van der Waals surface area (Å²) in [7, 11) is 0. The minimum Gasteiger partial charge on any atom is -0.399 e. The lowest BCUT2D eigenvalue weighted by Crippen LogP contribution is -1.99. The van der Waals surface area contributed by atoms with E-state index in [4.69, 9.17) is 11.5 Å². The Bertz CT molecular complexity index is 1320. The summed E-state index contributed by atoms with van der Waals surface area (Å²) in [6.07, 6.45) is 23.5. The number of nitrogen functional groups attached to an aromatic ring is 2. The van der Waals surface area contributed by atoms with Gasteiger partial charge in [0.05, 0.1) is 0 Å². The number of unbranched alkanes of at least 4 members (excludes halogenated alkanes) is 10. The molecule has 2 heteroatoms. The highest BCUT2D eigenvalue weighted by atomic mass is 14.5. The quantitative estimate of drug-likeness (QED) is 0.0670. The molecule has 4 rings (SSSR count). The predicted octanol–water partition coefficient (Wildman–Crippen LogP) is 12.0. The maximum absolute atomic E-state index is 6.17. The van der Waals surface area contributed by atoms with Crippen LogP contribution >= 0.6 is 0 Å². The topological polar surface area (TPSA) is 52.0 Å². The summed E-state index contributed by atoms with van der Waals surface area (Å²) in [4.78, 5) is 0. The van der Waals surface area contributed by atoms with Gasteiger partial charge in [0.15, 0.2) is 0 Å². The number of rotatable bonds is 22. The van der Waals surface area contributed by atoms with Gasteiger partial charge in [-0.1, -0.05) is 139 Å². The van der Waals surface area contributed by atoms with E-state index in [-0.39, 0.29) is 0 Å². The molecule has 0 amide bonds. The smallest absolute Gasteiger partial charge is 0.0316 e. The van der Waals surface area contributed by atoms with Crippen molar-refractivity contribution in [3.63, 3.8) is 0 Å². The second-order valence-corrected chi connectivity index (χ2v) is 13.9. The normalized spacial score (nSPS) is 11.3. The first-order valence-electron chi connectivity index (χ1n) is 18.9. The van der Waals surface area contributed by atoms with Gasteiger partial charge < -0.3 is 11.5 Å². The van der Waals surface area contributed by atoms with Crippen molar-refractivity contribution in [2.75, 3.05) is 11.5 Å². The molecule has 0 aliphatic carbocycles. The van der Waals surface area contributed by atoms with Crippen molar-refractivity contribution in [3.05, 3.63) is 129 Å². The number of anilines is 2. The average Bonchev–Trinajstić information content (AvgIpc) is 3.08. The molecule has 0 fully saturated rings. The zero-order valence-electron chi connectivity index (χ0n) is 29.7. The summed E-state index contributed by atoms with van der Waals surface area (Å²) in [6, 6.07) is 31.6. The maximum Gasteiger partial charge on any atom is 0.0316 e. The van der Waals surface area contributed by atoms with Gasteiger partial charge in [0.1, 0.15) is 0 Å². The van der Waals surface area contributed by atoms with Crippen LogP contribution in [0.5, 0.6) is 0 Å². The molecule has 47 heavy (non-hydrogen) atoms. The van der Waals surface area contributed by atoms with E-state index in [0.29, 0.717) is 0 Å². The Kier molecular flexibility index (Phi) is 16.0. The molecule has 2 nitrogen and oxygen atoms in total. The first-order chi connectivity index (χ1) is 23.0. The molecule has 0 aliphatic rings. The largest absolute Gasteiger partial charge is 0.399 e. The van der Waals surface area contributed by atoms with Crippen molar-refractivity contribution >= 4 is 11.4 Å². The fraction of sp³-hybridized carbons (Fsp3) is 0.467. The van der Waals surface area contributed by atoms with Crippen LogP contribution in [0.25, 0.3) is 0 Å². The molecule has 0 aliphatic heterocycles. The van der Waals surface area contributed by atoms with Gasteiger partial charge in [0, 0.05) is 11.4 Å². The van der Waals surface area contributed by atoms with E-state index in [1.807, 2.05) is 0 Å². The van der Waals surface area contributed by atoms with Crippen LogP contribution in [0.4, 0.5) is 11.4 Å². The molecule has 0 saturated heterocycles. The van der Waals surface area contributed by atoms with Gasteiger partial charge >= 0.3 is 0 Å². The first-order valence-corrected chi connectivity index (χ1v) is 18.9. The van der Waals surface area contributed by atoms with Crippen molar-refractivity contribution < 1.29 is 0 Å². The van der Waals surface area contributed by atoms with Gasteiger partial charge in [-0.15, -0.1) is 0 Å². The summed E-state index contributed by atoms with van der Waals surface area (Å²) >= 11 is 0. The molecule has 252 valence electrons. The van der Waals surface area contributed by atoms with E-state index in [0.717, 1.165) is 49.9 Å². The van der Waals surface area contributed by atoms with Crippen LogP contribution in [0, 0.1) is 0 Å². The van der Waals surface area contributed by atoms with Crippen molar-refractivity contribution in [1.82, 2.24) is 0 Å². The minimum atomic E-state index is 0.884. The highest BCUT2D eigenvalue weighted by molar-refractivity contribution is 5.47. The lowest BCUT2D eigenvalue weighted by Gasteiger charge is -2.12. The fourth-order valence-electron chi connectivity index (χ4n) is 6.88. The van der Waals surface area contributed by atoms with Crippen LogP contribution < -0.4 is 11.5 Å². The van der Waals surface area contributed by atoms with Crippen LogP contribution in [-0.2, 0) is 38.5 Å². The first kappa shape index (κ1) is 36.3. The Morgan fingerprint density at radius 1 is 0.340 bits per heavy atom. The Hall–Kier alpha value is -3.52. The fourth-order valence-corrected chi connectivity index (χ4v) is 6.88. The van der Waals surface area contributed by atoms with Crippen LogP contribution in [0.3, 0.4) is 0 Å². The predicted molar refractivity (Wildman–Crippen MR) is 206 cm³/mol. The summed E-state index contributed by atoms with van der Waals surface area (Å²) in [5.41, 5.74) is 25.4. The zero-order valence-corrected chi connectivity index (χ0v) is 29.7. The lowest BCUT2D eigenvalue weighted by molar-refractivity contribution is 0.607. The van der Waals surface area contributed by atoms with Crippen LogP contribution in [0.15, 0.2) is 84.9 Å². The third-order valence-corrected chi connectivity index (χ3v) is 9.83. The van der Waals surface area contributed by atoms with Gasteiger partial charge in [-0.25, -0.2) is 0 Å². The molecule has 0 atom stereocenters. The molecule has 4 aromatic rings. The van der Waals surface area contributed by atoms with Gasteiger partial charge in [0.2, 0.25) is 0 Å². The van der Waals surface area contributed by atoms with Gasteiger partial charge in [-0.05, 0) is 127 Å². The molecule has 0 heterocycles. The lowest BCUT2D eigenvalue weighted by atomic mass is 9.94. The van der Waals surface area contributed by atoms with E-state index in [2.05, 4.69) is 98.8 Å². The minimum absolute atomic E-state index is 0.884. The third-order valence-electron chi connectivity index (χ3n) is 9.83. The maximum atomic E-state index is 6.17. The summed E-state index contributed by atoms with van der Waals surface area (Å²) < 4.78 is 0. The number of nitrogens with two attached hydrogens (primary N) is 2. The molecule has 0 bridgehead atoms. The third kappa shape index (κ3) is 13.3. The van der Waals surface area contributed by atoms with Gasteiger partial charge in [-0.3, -0.25) is 0 Å². The molecule has 0 spiro atoms. The molecular weight excluding hydrogens is 569 g/mol. The van der Waals surface area contributed by atoms with Crippen molar-refractivity contribution in [3.8, 4) is 0 Å². The van der Waals surface area contributed by atoms with Crippen LogP contribution in [-0.4, -0.2) is 0 Å². The van der Waals surface area contributed by atoms with Gasteiger partial charge in [0.25, 0.3) is 0 Å². The van der Waals surface area contributed by atoms with Crippen LogP contribution in [0.1, 0.15) is 142 Å². The Morgan fingerprint density at radius 2 is 0.702 bits per heavy atom. The Balaban J connectivity index is 1.22. The SMILES string of the molecule is CCCCCCCCc1cc(N)ccc1Cc1ccc(CCCc2ccc(Cc3ccc(N)cc3CCCCCCCC)cc2)cc1. The summed E-state index contributed by atoms with van der Waals surface area (Å²) in [5, 5.41) is 0. The average molecular weight is 631 g/mol. The van der Waals surface area contributed by atoms with E-state index in [1.165, 1.54) is 128 Å². The number of benzene rings is 4. The molecule has 0 saturated carbocycles. The molecule has 4 N–H and O–H groups in total. The highest BCUT2D eigenvalue weighted by Crippen LogP contribution is 2.23. The van der Waals surface area contributed by atoms with Gasteiger partial charge in [-0.2, -0.15) is 0 Å². The number of aryl methyl sites for hydroxylation is 4. The molecule has 0 aromatic heterocycles. The van der Waals surface area contributed by atoms with E-state index >= 15 is 0 Å². The summed E-state index contributed by atoms with van der Waals surface area (Å²) in [5.74, 6) is 0. The van der Waals surface area contributed by atoms with E-state index in [1.54, 1.807) is 0 Å². The monoisotopic (exact) mass is 630 g/mol. The molecular formula is C45H62N2. The Morgan fingerprint density at radius 3 is 1.11 bits per heavy atom. The number of hydrogen-bond donors (Lipinski definition) is 2. The standard InChI is InChI=1S/C45H62N2/c1-3-5-7-9-11-13-18-40-34-44(46)30-28-42(40)32-38-24-20-36(21-25-38)16-15-17-37-22-26-39(27-23-37)33-43-29-31-45(47)35-41(43)19-14-12-10-8-6-4-2/h20-31,34-35H,3-19,32-33,46-47H2,1-2H3. The Labute approximate surface area is 287 Å². The summed E-state index contributed by atoms with van der Waals surface area (Å²) in [6.45, 7) is 4.56. The second-order valence-electron chi connectivity index (χ2n) is 13.9. The van der Waals surface area contributed by atoms with Crippen molar-refractivity contribution in [2.45, 2.75) is 136 Å².